The van der Waals surface area contributed by atoms with Crippen LogP contribution in [-0.4, -0.2) is 61.6 Å². The summed E-state index contributed by atoms with van der Waals surface area (Å²) in [7, 11) is 0. The Labute approximate surface area is 185 Å². The van der Waals surface area contributed by atoms with E-state index in [4.69, 9.17) is 4.52 Å². The third-order valence-electron chi connectivity index (χ3n) is 5.42. The van der Waals surface area contributed by atoms with Gasteiger partial charge >= 0.3 is 0 Å². The topological polar surface area (TPSA) is 97.4 Å². The molecule has 164 valence electrons. The molecule has 0 unspecified atom stereocenters. The standard InChI is InChI=1S/C21H19FN6O3S/c22-15-1-2-17-16(9-15)21(30)28(13-23-17)11-19(29)27-6-4-26(5-7-27)10-18-24-20(25-31-18)14-3-8-32-12-14/h1-3,8-9,12-13H,4-7,10-11H2. The summed E-state index contributed by atoms with van der Waals surface area (Å²) < 4.78 is 20.1. The number of halogens is 1. The number of hydrogen-bond donors (Lipinski definition) is 0. The molecule has 3 aromatic heterocycles. The van der Waals surface area contributed by atoms with Gasteiger partial charge in [-0.1, -0.05) is 5.16 Å². The van der Waals surface area contributed by atoms with Crippen LogP contribution >= 0.6 is 11.3 Å². The number of benzene rings is 1. The second-order valence-corrected chi connectivity index (χ2v) is 8.30. The van der Waals surface area contributed by atoms with Gasteiger partial charge in [0.2, 0.25) is 17.6 Å². The molecule has 4 heterocycles. The summed E-state index contributed by atoms with van der Waals surface area (Å²) in [5.41, 5.74) is 0.901. The second kappa shape index (κ2) is 8.60. The van der Waals surface area contributed by atoms with Crippen LogP contribution in [0.1, 0.15) is 5.89 Å². The monoisotopic (exact) mass is 454 g/mol. The zero-order chi connectivity index (χ0) is 22.1. The molecular weight excluding hydrogens is 435 g/mol. The van der Waals surface area contributed by atoms with Gasteiger partial charge in [0.1, 0.15) is 12.4 Å². The molecule has 0 N–H and O–H groups in total. The maximum absolute atomic E-state index is 13.5. The van der Waals surface area contributed by atoms with Crippen LogP contribution in [0.3, 0.4) is 0 Å². The number of nitrogens with zero attached hydrogens (tertiary/aromatic N) is 6. The van der Waals surface area contributed by atoms with Crippen molar-refractivity contribution in [2.75, 3.05) is 26.2 Å². The van der Waals surface area contributed by atoms with Crippen molar-refractivity contribution in [1.29, 1.82) is 0 Å². The highest BCUT2D eigenvalue weighted by atomic mass is 32.1. The first-order chi connectivity index (χ1) is 15.6. The molecule has 11 heteroatoms. The summed E-state index contributed by atoms with van der Waals surface area (Å²) >= 11 is 1.57. The van der Waals surface area contributed by atoms with Crippen molar-refractivity contribution in [3.05, 3.63) is 63.4 Å². The van der Waals surface area contributed by atoms with E-state index < -0.39 is 11.4 Å². The lowest BCUT2D eigenvalue weighted by molar-refractivity contribution is -0.133. The summed E-state index contributed by atoms with van der Waals surface area (Å²) in [5.74, 6) is 0.415. The molecular formula is C21H19FN6O3S. The van der Waals surface area contributed by atoms with E-state index in [0.29, 0.717) is 50.0 Å². The molecule has 0 radical (unpaired) electrons. The largest absolute Gasteiger partial charge is 0.339 e. The van der Waals surface area contributed by atoms with Crippen LogP contribution in [0.15, 0.2) is 50.7 Å². The minimum Gasteiger partial charge on any atom is -0.339 e. The number of fused-ring (bicyclic) bond motifs is 1. The minimum atomic E-state index is -0.514. The molecule has 0 atom stereocenters. The molecule has 32 heavy (non-hydrogen) atoms. The predicted molar refractivity (Wildman–Crippen MR) is 115 cm³/mol. The smallest absolute Gasteiger partial charge is 0.261 e. The first kappa shape index (κ1) is 20.5. The molecule has 1 fully saturated rings. The number of carbonyl (C=O) groups is 1. The van der Waals surface area contributed by atoms with Gasteiger partial charge in [0, 0.05) is 37.1 Å². The molecule has 1 aromatic carbocycles. The van der Waals surface area contributed by atoms with Crippen LogP contribution < -0.4 is 5.56 Å². The van der Waals surface area contributed by atoms with E-state index in [2.05, 4.69) is 20.0 Å². The minimum absolute atomic E-state index is 0.133. The molecule has 4 aromatic rings. The Kier molecular flexibility index (Phi) is 5.50. The van der Waals surface area contributed by atoms with Crippen LogP contribution in [0.25, 0.3) is 22.3 Å². The maximum atomic E-state index is 13.5. The number of rotatable bonds is 5. The molecule has 0 spiro atoms. The number of hydrogen-bond acceptors (Lipinski definition) is 8. The Morgan fingerprint density at radius 3 is 2.81 bits per heavy atom. The van der Waals surface area contributed by atoms with E-state index in [9.17, 15) is 14.0 Å². The van der Waals surface area contributed by atoms with E-state index in [-0.39, 0.29) is 17.8 Å². The average molecular weight is 454 g/mol. The van der Waals surface area contributed by atoms with Gasteiger partial charge in [-0.2, -0.15) is 16.3 Å². The molecule has 9 nitrogen and oxygen atoms in total. The zero-order valence-electron chi connectivity index (χ0n) is 17.0. The van der Waals surface area contributed by atoms with Gasteiger partial charge in [-0.05, 0) is 29.6 Å². The molecule has 0 bridgehead atoms. The van der Waals surface area contributed by atoms with E-state index in [1.165, 1.54) is 23.0 Å². The van der Waals surface area contributed by atoms with Crippen molar-refractivity contribution < 1.29 is 13.7 Å². The Hall–Kier alpha value is -3.44. The van der Waals surface area contributed by atoms with Crippen molar-refractivity contribution in [2.24, 2.45) is 0 Å². The fraction of sp³-hybridized carbons (Fsp3) is 0.286. The van der Waals surface area contributed by atoms with Gasteiger partial charge in [-0.3, -0.25) is 19.1 Å². The summed E-state index contributed by atoms with van der Waals surface area (Å²) in [5, 5.41) is 8.10. The highest BCUT2D eigenvalue weighted by Crippen LogP contribution is 2.19. The first-order valence-corrected chi connectivity index (χ1v) is 11.0. The molecule has 0 saturated carbocycles. The normalized spacial score (nSPS) is 14.8. The van der Waals surface area contributed by atoms with Crippen LogP contribution in [-0.2, 0) is 17.9 Å². The van der Waals surface area contributed by atoms with Crippen LogP contribution in [0, 0.1) is 5.82 Å². The van der Waals surface area contributed by atoms with Crippen LogP contribution in [0.5, 0.6) is 0 Å². The van der Waals surface area contributed by atoms with Gasteiger partial charge in [-0.15, -0.1) is 0 Å². The quantitative estimate of drug-likeness (QED) is 0.455. The molecule has 1 amide bonds. The fourth-order valence-corrected chi connectivity index (χ4v) is 4.30. The van der Waals surface area contributed by atoms with Gasteiger partial charge in [0.15, 0.2) is 0 Å². The van der Waals surface area contributed by atoms with Crippen LogP contribution in [0.2, 0.25) is 0 Å². The fourth-order valence-electron chi connectivity index (χ4n) is 3.66. The average Bonchev–Trinajstić information content (AvgIpc) is 3.49. The van der Waals surface area contributed by atoms with E-state index in [1.54, 1.807) is 16.2 Å². The Balaban J connectivity index is 1.18. The van der Waals surface area contributed by atoms with E-state index >= 15 is 0 Å². The predicted octanol–water partition coefficient (Wildman–Crippen LogP) is 1.99. The molecule has 5 rings (SSSR count). The third-order valence-corrected chi connectivity index (χ3v) is 6.11. The lowest BCUT2D eigenvalue weighted by atomic mass is 10.2. The Morgan fingerprint density at radius 1 is 1.19 bits per heavy atom. The Bertz CT molecular complexity index is 1310. The summed E-state index contributed by atoms with van der Waals surface area (Å²) in [6.45, 7) is 2.73. The van der Waals surface area contributed by atoms with Crippen molar-refractivity contribution >= 4 is 28.1 Å². The number of aromatic nitrogens is 4. The van der Waals surface area contributed by atoms with Crippen molar-refractivity contribution in [1.82, 2.24) is 29.5 Å². The van der Waals surface area contributed by atoms with Gasteiger partial charge < -0.3 is 9.42 Å². The molecule has 1 aliphatic heterocycles. The van der Waals surface area contributed by atoms with Crippen molar-refractivity contribution in [3.63, 3.8) is 0 Å². The molecule has 0 aliphatic carbocycles. The SMILES string of the molecule is O=C(Cn1cnc2ccc(F)cc2c1=O)N1CCN(Cc2nc(-c3ccsc3)no2)CC1. The third kappa shape index (κ3) is 4.16. The highest BCUT2D eigenvalue weighted by Gasteiger charge is 2.23. The lowest BCUT2D eigenvalue weighted by Gasteiger charge is -2.34. The number of piperazine rings is 1. The lowest BCUT2D eigenvalue weighted by Crippen LogP contribution is -2.49. The van der Waals surface area contributed by atoms with E-state index in [1.807, 2.05) is 16.8 Å². The number of carbonyl (C=O) groups excluding carboxylic acids is 1. The van der Waals surface area contributed by atoms with Gasteiger partial charge in [0.05, 0.1) is 23.8 Å². The number of amides is 1. The first-order valence-electron chi connectivity index (χ1n) is 10.1. The van der Waals surface area contributed by atoms with Crippen molar-refractivity contribution in [3.8, 4) is 11.4 Å². The highest BCUT2D eigenvalue weighted by molar-refractivity contribution is 7.08. The van der Waals surface area contributed by atoms with Gasteiger partial charge in [-0.25, -0.2) is 9.37 Å². The number of thiophene rings is 1. The zero-order valence-corrected chi connectivity index (χ0v) is 17.8. The van der Waals surface area contributed by atoms with Crippen molar-refractivity contribution in [2.45, 2.75) is 13.1 Å². The summed E-state index contributed by atoms with van der Waals surface area (Å²) in [6, 6.07) is 5.79. The molecule has 1 saturated heterocycles. The van der Waals surface area contributed by atoms with E-state index in [0.717, 1.165) is 11.6 Å². The molecule has 1 aliphatic rings. The second-order valence-electron chi connectivity index (χ2n) is 7.52. The van der Waals surface area contributed by atoms with Crippen LogP contribution in [0.4, 0.5) is 4.39 Å². The maximum Gasteiger partial charge on any atom is 0.261 e. The Morgan fingerprint density at radius 2 is 2.03 bits per heavy atom. The summed E-state index contributed by atoms with van der Waals surface area (Å²) in [6.07, 6.45) is 1.33. The summed E-state index contributed by atoms with van der Waals surface area (Å²) in [4.78, 5) is 37.8. The van der Waals surface area contributed by atoms with Gasteiger partial charge in [0.25, 0.3) is 5.56 Å².